The smallest absolute Gasteiger partial charge is 0.225 e. The van der Waals surface area contributed by atoms with Gasteiger partial charge in [-0.2, -0.15) is 0 Å². The van der Waals surface area contributed by atoms with E-state index in [9.17, 15) is 4.79 Å². The van der Waals surface area contributed by atoms with Crippen LogP contribution in [0.4, 0.5) is 0 Å². The van der Waals surface area contributed by atoms with Crippen molar-refractivity contribution in [3.05, 3.63) is 0 Å². The van der Waals surface area contributed by atoms with E-state index < -0.39 is 0 Å². The van der Waals surface area contributed by atoms with Crippen LogP contribution in [0.2, 0.25) is 0 Å². The van der Waals surface area contributed by atoms with E-state index in [4.69, 9.17) is 0 Å². The molecule has 0 unspecified atom stereocenters. The zero-order valence-electron chi connectivity index (χ0n) is 11.3. The zero-order valence-corrected chi connectivity index (χ0v) is 11.3. The van der Waals surface area contributed by atoms with Crippen molar-refractivity contribution in [3.8, 4) is 0 Å². The van der Waals surface area contributed by atoms with Crippen molar-refractivity contribution in [2.75, 3.05) is 26.2 Å². The zero-order chi connectivity index (χ0) is 12.3. The van der Waals surface area contributed by atoms with Crippen LogP contribution in [0.3, 0.4) is 0 Å². The Kier molecular flexibility index (Phi) is 4.43. The maximum Gasteiger partial charge on any atom is 0.225 e. The quantitative estimate of drug-likeness (QED) is 0.735. The molecule has 0 spiro atoms. The lowest BCUT2D eigenvalue weighted by Gasteiger charge is -2.41. The lowest BCUT2D eigenvalue weighted by atomic mass is 9.94. The lowest BCUT2D eigenvalue weighted by molar-refractivity contribution is -0.136. The molecule has 2 fully saturated rings. The fourth-order valence-corrected chi connectivity index (χ4v) is 3.12. The standard InChI is InChI=1S/C14H26N2O/c1-12(2)14(17)16-10-8-15(9-11-16)13-6-4-3-5-7-13/h12-13H,3-11H2,1-2H3. The van der Waals surface area contributed by atoms with Gasteiger partial charge in [0.05, 0.1) is 0 Å². The summed E-state index contributed by atoms with van der Waals surface area (Å²) in [5.41, 5.74) is 0. The van der Waals surface area contributed by atoms with Gasteiger partial charge in [0.1, 0.15) is 0 Å². The monoisotopic (exact) mass is 238 g/mol. The van der Waals surface area contributed by atoms with Gasteiger partial charge >= 0.3 is 0 Å². The van der Waals surface area contributed by atoms with E-state index in [0.29, 0.717) is 5.91 Å². The predicted octanol–water partition coefficient (Wildman–Crippen LogP) is 2.12. The third kappa shape index (κ3) is 3.21. The molecular formula is C14H26N2O. The van der Waals surface area contributed by atoms with Gasteiger partial charge < -0.3 is 4.90 Å². The van der Waals surface area contributed by atoms with Crippen molar-refractivity contribution in [1.29, 1.82) is 0 Å². The first-order valence-corrected chi connectivity index (χ1v) is 7.21. The van der Waals surface area contributed by atoms with Crippen LogP contribution in [-0.2, 0) is 4.79 Å². The molecule has 0 bridgehead atoms. The van der Waals surface area contributed by atoms with Crippen LogP contribution in [0.1, 0.15) is 46.0 Å². The van der Waals surface area contributed by atoms with E-state index in [1.165, 1.54) is 32.1 Å². The van der Waals surface area contributed by atoms with Gasteiger partial charge in [-0.3, -0.25) is 9.69 Å². The summed E-state index contributed by atoms with van der Waals surface area (Å²) < 4.78 is 0. The first kappa shape index (κ1) is 12.9. The van der Waals surface area contributed by atoms with Crippen LogP contribution in [0.25, 0.3) is 0 Å². The highest BCUT2D eigenvalue weighted by Gasteiger charge is 2.27. The minimum Gasteiger partial charge on any atom is -0.340 e. The molecule has 1 aliphatic heterocycles. The van der Waals surface area contributed by atoms with E-state index in [2.05, 4.69) is 4.90 Å². The number of hydrogen-bond acceptors (Lipinski definition) is 2. The summed E-state index contributed by atoms with van der Waals surface area (Å²) in [6, 6.07) is 0.806. The molecular weight excluding hydrogens is 212 g/mol. The van der Waals surface area contributed by atoms with Crippen LogP contribution in [0.5, 0.6) is 0 Å². The van der Waals surface area contributed by atoms with E-state index in [-0.39, 0.29) is 5.92 Å². The molecule has 0 N–H and O–H groups in total. The van der Waals surface area contributed by atoms with E-state index in [0.717, 1.165) is 32.2 Å². The van der Waals surface area contributed by atoms with Crippen LogP contribution in [0.15, 0.2) is 0 Å². The third-order valence-corrected chi connectivity index (χ3v) is 4.21. The summed E-state index contributed by atoms with van der Waals surface area (Å²) >= 11 is 0. The molecule has 0 aromatic heterocycles. The second-order valence-electron chi connectivity index (χ2n) is 5.81. The summed E-state index contributed by atoms with van der Waals surface area (Å²) in [6.07, 6.45) is 6.96. The predicted molar refractivity (Wildman–Crippen MR) is 69.9 cm³/mol. The number of carbonyl (C=O) groups excluding carboxylic acids is 1. The Bertz CT molecular complexity index is 251. The molecule has 0 radical (unpaired) electrons. The first-order valence-electron chi connectivity index (χ1n) is 7.21. The van der Waals surface area contributed by atoms with Crippen LogP contribution in [0, 0.1) is 5.92 Å². The van der Waals surface area contributed by atoms with Gasteiger partial charge in [-0.1, -0.05) is 33.1 Å². The van der Waals surface area contributed by atoms with Crippen molar-refractivity contribution >= 4 is 5.91 Å². The highest BCUT2D eigenvalue weighted by atomic mass is 16.2. The molecule has 1 amide bonds. The maximum atomic E-state index is 11.9. The Labute approximate surface area is 105 Å². The highest BCUT2D eigenvalue weighted by Crippen LogP contribution is 2.23. The summed E-state index contributed by atoms with van der Waals surface area (Å²) in [5.74, 6) is 0.476. The molecule has 3 nitrogen and oxygen atoms in total. The Morgan fingerprint density at radius 2 is 1.59 bits per heavy atom. The van der Waals surface area contributed by atoms with E-state index in [1.54, 1.807) is 0 Å². The minimum atomic E-state index is 0.149. The minimum absolute atomic E-state index is 0.149. The Balaban J connectivity index is 1.79. The molecule has 1 heterocycles. The Morgan fingerprint density at radius 1 is 1.00 bits per heavy atom. The summed E-state index contributed by atoms with van der Waals surface area (Å²) in [5, 5.41) is 0. The molecule has 98 valence electrons. The van der Waals surface area contributed by atoms with Crippen LogP contribution < -0.4 is 0 Å². The molecule has 0 aromatic carbocycles. The number of carbonyl (C=O) groups is 1. The van der Waals surface area contributed by atoms with Crippen molar-refractivity contribution in [2.24, 2.45) is 5.92 Å². The average molecular weight is 238 g/mol. The number of amides is 1. The molecule has 0 atom stereocenters. The van der Waals surface area contributed by atoms with Gasteiger partial charge in [-0.05, 0) is 12.8 Å². The largest absolute Gasteiger partial charge is 0.340 e. The molecule has 0 aromatic rings. The van der Waals surface area contributed by atoms with Crippen molar-refractivity contribution in [3.63, 3.8) is 0 Å². The lowest BCUT2D eigenvalue weighted by Crippen LogP contribution is -2.53. The molecule has 1 aliphatic carbocycles. The molecule has 2 rings (SSSR count). The number of rotatable bonds is 2. The average Bonchev–Trinajstić information content (AvgIpc) is 2.39. The Morgan fingerprint density at radius 3 is 2.12 bits per heavy atom. The fraction of sp³-hybridized carbons (Fsp3) is 0.929. The van der Waals surface area contributed by atoms with Gasteiger partial charge in [0, 0.05) is 38.1 Å². The van der Waals surface area contributed by atoms with Gasteiger partial charge in [0.2, 0.25) is 5.91 Å². The second-order valence-corrected chi connectivity index (χ2v) is 5.81. The summed E-state index contributed by atoms with van der Waals surface area (Å²) in [4.78, 5) is 16.5. The fourth-order valence-electron chi connectivity index (χ4n) is 3.12. The number of hydrogen-bond donors (Lipinski definition) is 0. The van der Waals surface area contributed by atoms with Crippen molar-refractivity contribution in [2.45, 2.75) is 52.0 Å². The topological polar surface area (TPSA) is 23.6 Å². The van der Waals surface area contributed by atoms with Crippen molar-refractivity contribution in [1.82, 2.24) is 9.80 Å². The molecule has 17 heavy (non-hydrogen) atoms. The van der Waals surface area contributed by atoms with Gasteiger partial charge in [-0.25, -0.2) is 0 Å². The van der Waals surface area contributed by atoms with Gasteiger partial charge in [0.25, 0.3) is 0 Å². The molecule has 2 aliphatic rings. The van der Waals surface area contributed by atoms with E-state index >= 15 is 0 Å². The molecule has 1 saturated carbocycles. The SMILES string of the molecule is CC(C)C(=O)N1CCN(C2CCCCC2)CC1. The third-order valence-electron chi connectivity index (χ3n) is 4.21. The number of piperazine rings is 1. The van der Waals surface area contributed by atoms with Crippen LogP contribution in [-0.4, -0.2) is 47.9 Å². The van der Waals surface area contributed by atoms with Crippen molar-refractivity contribution < 1.29 is 4.79 Å². The summed E-state index contributed by atoms with van der Waals surface area (Å²) in [7, 11) is 0. The second kappa shape index (κ2) is 5.85. The van der Waals surface area contributed by atoms with Gasteiger partial charge in [-0.15, -0.1) is 0 Å². The van der Waals surface area contributed by atoms with Gasteiger partial charge in [0.15, 0.2) is 0 Å². The number of nitrogens with zero attached hydrogens (tertiary/aromatic N) is 2. The first-order chi connectivity index (χ1) is 8.18. The molecule has 1 saturated heterocycles. The normalized spacial score (nSPS) is 24.3. The Hall–Kier alpha value is -0.570. The van der Waals surface area contributed by atoms with Crippen LogP contribution >= 0.6 is 0 Å². The molecule has 3 heteroatoms. The summed E-state index contributed by atoms with van der Waals surface area (Å²) in [6.45, 7) is 8.04. The highest BCUT2D eigenvalue weighted by molar-refractivity contribution is 5.78. The maximum absolute atomic E-state index is 11.9. The van der Waals surface area contributed by atoms with E-state index in [1.807, 2.05) is 18.7 Å².